The monoisotopic (exact) mass is 372 g/mol. The molecule has 0 aliphatic carbocycles. The second-order valence-corrected chi connectivity index (χ2v) is 7.94. The number of rotatable bonds is 5. The maximum atomic E-state index is 12.7. The second-order valence-electron chi connectivity index (χ2n) is 6.00. The molecule has 0 bridgehead atoms. The van der Waals surface area contributed by atoms with Crippen LogP contribution in [-0.4, -0.2) is 42.9 Å². The largest absolute Gasteiger partial charge is 0.273 e. The predicted molar refractivity (Wildman–Crippen MR) is 97.9 cm³/mol. The van der Waals surface area contributed by atoms with Crippen molar-refractivity contribution in [1.82, 2.24) is 14.7 Å². The van der Waals surface area contributed by atoms with E-state index in [0.717, 1.165) is 0 Å². The van der Waals surface area contributed by atoms with Gasteiger partial charge in [0.05, 0.1) is 22.7 Å². The first-order valence-corrected chi connectivity index (χ1v) is 9.80. The van der Waals surface area contributed by atoms with Gasteiger partial charge >= 0.3 is 0 Å². The lowest BCUT2D eigenvalue weighted by Gasteiger charge is -2.30. The fourth-order valence-corrected chi connectivity index (χ4v) is 4.37. The van der Waals surface area contributed by atoms with E-state index in [1.165, 1.54) is 10.5 Å². The van der Waals surface area contributed by atoms with Gasteiger partial charge in [-0.25, -0.2) is 13.8 Å². The van der Waals surface area contributed by atoms with Crippen LogP contribution >= 0.6 is 0 Å². The van der Waals surface area contributed by atoms with Crippen molar-refractivity contribution < 1.29 is 13.2 Å². The van der Waals surface area contributed by atoms with Crippen LogP contribution in [0.4, 0.5) is 0 Å². The smallest absolute Gasteiger partial charge is 0.244 e. The number of carbonyl (C=O) groups is 1. The number of sulfonamides is 1. The van der Waals surface area contributed by atoms with Crippen LogP contribution in [0.25, 0.3) is 0 Å². The van der Waals surface area contributed by atoms with Gasteiger partial charge in [0, 0.05) is 19.3 Å². The Hall–Kier alpha value is -2.58. The lowest BCUT2D eigenvalue weighted by molar-refractivity contribution is -0.126. The minimum atomic E-state index is -3.59. The molecule has 1 aliphatic heterocycles. The van der Waals surface area contributed by atoms with E-state index in [-0.39, 0.29) is 17.3 Å². The molecule has 0 radical (unpaired) electrons. The zero-order chi connectivity index (χ0) is 18.4. The molecular weight excluding hydrogens is 352 g/mol. The van der Waals surface area contributed by atoms with Gasteiger partial charge in [0.2, 0.25) is 15.9 Å². The van der Waals surface area contributed by atoms with Gasteiger partial charge < -0.3 is 0 Å². The Balaban J connectivity index is 1.63. The molecular formula is C18H20N4O3S. The van der Waals surface area contributed by atoms with Crippen LogP contribution in [0.2, 0.25) is 0 Å². The first-order valence-electron chi connectivity index (χ1n) is 8.36. The van der Waals surface area contributed by atoms with Crippen LogP contribution in [0, 0.1) is 5.92 Å². The van der Waals surface area contributed by atoms with Crippen molar-refractivity contribution in [3.8, 4) is 0 Å². The number of hydrogen-bond acceptors (Lipinski definition) is 5. The van der Waals surface area contributed by atoms with Crippen LogP contribution < -0.4 is 5.43 Å². The third-order valence-electron chi connectivity index (χ3n) is 4.20. The number of amides is 1. The van der Waals surface area contributed by atoms with Gasteiger partial charge in [-0.3, -0.25) is 9.78 Å². The highest BCUT2D eigenvalue weighted by Crippen LogP contribution is 2.23. The van der Waals surface area contributed by atoms with Gasteiger partial charge in [0.25, 0.3) is 0 Å². The SMILES string of the molecule is O=C(N/N=C\c1ccccn1)[C@H]1CCCN(S(=O)(=O)c2ccccc2)C1. The van der Waals surface area contributed by atoms with E-state index < -0.39 is 15.9 Å². The summed E-state index contributed by atoms with van der Waals surface area (Å²) in [5.41, 5.74) is 3.11. The lowest BCUT2D eigenvalue weighted by Crippen LogP contribution is -2.44. The zero-order valence-electron chi connectivity index (χ0n) is 14.2. The zero-order valence-corrected chi connectivity index (χ0v) is 15.0. The van der Waals surface area contributed by atoms with Crippen molar-refractivity contribution in [3.05, 3.63) is 60.4 Å². The van der Waals surface area contributed by atoms with Crippen LogP contribution in [0.15, 0.2) is 64.7 Å². The van der Waals surface area contributed by atoms with Gasteiger partial charge in [-0.15, -0.1) is 0 Å². The van der Waals surface area contributed by atoms with Crippen molar-refractivity contribution in [2.75, 3.05) is 13.1 Å². The lowest BCUT2D eigenvalue weighted by atomic mass is 9.99. The topological polar surface area (TPSA) is 91.7 Å². The summed E-state index contributed by atoms with van der Waals surface area (Å²) in [6, 6.07) is 13.7. The molecule has 2 heterocycles. The summed E-state index contributed by atoms with van der Waals surface area (Å²) in [5.74, 6) is -0.715. The average molecular weight is 372 g/mol. The number of piperidine rings is 1. The van der Waals surface area contributed by atoms with Crippen molar-refractivity contribution in [2.45, 2.75) is 17.7 Å². The van der Waals surface area contributed by atoms with Gasteiger partial charge in [0.15, 0.2) is 0 Å². The molecule has 2 aromatic rings. The Kier molecular flexibility index (Phi) is 5.75. The quantitative estimate of drug-likeness (QED) is 0.638. The molecule has 0 unspecified atom stereocenters. The van der Waals surface area contributed by atoms with Crippen molar-refractivity contribution in [1.29, 1.82) is 0 Å². The van der Waals surface area contributed by atoms with Gasteiger partial charge in [-0.2, -0.15) is 9.41 Å². The van der Waals surface area contributed by atoms with Gasteiger partial charge in [-0.1, -0.05) is 24.3 Å². The molecule has 0 saturated carbocycles. The Labute approximate surface area is 152 Å². The van der Waals surface area contributed by atoms with E-state index in [1.54, 1.807) is 48.7 Å². The van der Waals surface area contributed by atoms with E-state index in [1.807, 2.05) is 6.07 Å². The highest BCUT2D eigenvalue weighted by molar-refractivity contribution is 7.89. The average Bonchev–Trinajstić information content (AvgIpc) is 2.69. The second kappa shape index (κ2) is 8.20. The summed E-state index contributed by atoms with van der Waals surface area (Å²) in [4.78, 5) is 16.7. The van der Waals surface area contributed by atoms with Crippen molar-refractivity contribution in [2.24, 2.45) is 11.0 Å². The molecule has 1 N–H and O–H groups in total. The highest BCUT2D eigenvalue weighted by Gasteiger charge is 2.33. The first-order chi connectivity index (χ1) is 12.6. The third kappa shape index (κ3) is 4.33. The van der Waals surface area contributed by atoms with E-state index >= 15 is 0 Å². The number of carbonyl (C=O) groups excluding carboxylic acids is 1. The number of nitrogens with zero attached hydrogens (tertiary/aromatic N) is 3. The number of nitrogens with one attached hydrogen (secondary N) is 1. The fourth-order valence-electron chi connectivity index (χ4n) is 2.82. The Morgan fingerprint density at radius 1 is 1.19 bits per heavy atom. The number of aromatic nitrogens is 1. The van der Waals surface area contributed by atoms with Crippen LogP contribution in [-0.2, 0) is 14.8 Å². The molecule has 1 amide bonds. The summed E-state index contributed by atoms with van der Waals surface area (Å²) >= 11 is 0. The molecule has 1 saturated heterocycles. The predicted octanol–water partition coefficient (Wildman–Crippen LogP) is 1.63. The fraction of sp³-hybridized carbons (Fsp3) is 0.278. The molecule has 1 aromatic carbocycles. The summed E-state index contributed by atoms with van der Waals surface area (Å²) in [6.45, 7) is 0.570. The molecule has 1 aromatic heterocycles. The summed E-state index contributed by atoms with van der Waals surface area (Å²) < 4.78 is 26.8. The van der Waals surface area contributed by atoms with Crippen LogP contribution in [0.1, 0.15) is 18.5 Å². The molecule has 1 fully saturated rings. The molecule has 8 heteroatoms. The van der Waals surface area contributed by atoms with E-state index in [2.05, 4.69) is 15.5 Å². The summed E-state index contributed by atoms with van der Waals surface area (Å²) in [5, 5.41) is 3.91. The Morgan fingerprint density at radius 3 is 2.69 bits per heavy atom. The molecule has 1 atom stereocenters. The minimum Gasteiger partial charge on any atom is -0.273 e. The molecule has 3 rings (SSSR count). The molecule has 0 spiro atoms. The van der Waals surface area contributed by atoms with E-state index in [9.17, 15) is 13.2 Å². The van der Waals surface area contributed by atoms with E-state index in [4.69, 9.17) is 0 Å². The van der Waals surface area contributed by atoms with Crippen molar-refractivity contribution in [3.63, 3.8) is 0 Å². The van der Waals surface area contributed by atoms with Gasteiger partial charge in [0.1, 0.15) is 0 Å². The standard InChI is InChI=1S/C18H20N4O3S/c23-18(21-20-13-16-8-4-5-11-19-16)15-7-6-12-22(14-15)26(24,25)17-9-2-1-3-10-17/h1-5,8-11,13,15H,6-7,12,14H2,(H,21,23)/b20-13-/t15-/m0/s1. The normalized spacial score (nSPS) is 18.7. The van der Waals surface area contributed by atoms with Crippen molar-refractivity contribution >= 4 is 22.1 Å². The molecule has 7 nitrogen and oxygen atoms in total. The van der Waals surface area contributed by atoms with Crippen LogP contribution in [0.3, 0.4) is 0 Å². The number of hydrogen-bond donors (Lipinski definition) is 1. The first kappa shape index (κ1) is 18.2. The summed E-state index contributed by atoms with van der Waals surface area (Å²) in [7, 11) is -3.59. The van der Waals surface area contributed by atoms with Crippen LogP contribution in [0.5, 0.6) is 0 Å². The Morgan fingerprint density at radius 2 is 1.96 bits per heavy atom. The minimum absolute atomic E-state index is 0.155. The number of benzene rings is 1. The third-order valence-corrected chi connectivity index (χ3v) is 6.07. The van der Waals surface area contributed by atoms with Gasteiger partial charge in [-0.05, 0) is 37.1 Å². The molecule has 26 heavy (non-hydrogen) atoms. The summed E-state index contributed by atoms with van der Waals surface area (Å²) in [6.07, 6.45) is 4.36. The molecule has 1 aliphatic rings. The maximum absolute atomic E-state index is 12.7. The number of hydrazone groups is 1. The highest BCUT2D eigenvalue weighted by atomic mass is 32.2. The molecule has 136 valence electrons. The van der Waals surface area contributed by atoms with E-state index in [0.29, 0.717) is 25.1 Å². The maximum Gasteiger partial charge on any atom is 0.244 e. The Bertz CT molecular complexity index is 870. The number of pyridine rings is 1.